The molecule has 3 amide bonds. The van der Waals surface area contributed by atoms with E-state index >= 15 is 0 Å². The molecular weight excluding hydrogens is 472 g/mol. The fourth-order valence-electron chi connectivity index (χ4n) is 5.44. The molecule has 0 spiro atoms. The Balaban J connectivity index is 1.35. The van der Waals surface area contributed by atoms with Crippen LogP contribution < -0.4 is 10.2 Å². The van der Waals surface area contributed by atoms with Crippen molar-refractivity contribution in [3.63, 3.8) is 0 Å². The van der Waals surface area contributed by atoms with Crippen molar-refractivity contribution in [3.05, 3.63) is 114 Å². The molecule has 1 aliphatic heterocycles. The minimum atomic E-state index is -0.294. The number of nitrogens with zero attached hydrogens (tertiary/aromatic N) is 3. The summed E-state index contributed by atoms with van der Waals surface area (Å²) in [6.45, 7) is 4.15. The van der Waals surface area contributed by atoms with E-state index in [-0.39, 0.29) is 30.6 Å². The zero-order valence-corrected chi connectivity index (χ0v) is 21.8. The van der Waals surface area contributed by atoms with Gasteiger partial charge >= 0.3 is 6.03 Å². The van der Waals surface area contributed by atoms with E-state index in [0.29, 0.717) is 0 Å². The summed E-state index contributed by atoms with van der Waals surface area (Å²) < 4.78 is 2.16. The molecular formula is C32H32N4O2. The van der Waals surface area contributed by atoms with Crippen molar-refractivity contribution in [2.24, 2.45) is 0 Å². The third-order valence-electron chi connectivity index (χ3n) is 7.58. The van der Waals surface area contributed by atoms with Crippen LogP contribution in [0.3, 0.4) is 0 Å². The maximum atomic E-state index is 14.3. The predicted molar refractivity (Wildman–Crippen MR) is 151 cm³/mol. The number of rotatable bonds is 6. The first-order valence-corrected chi connectivity index (χ1v) is 13.4. The van der Waals surface area contributed by atoms with Gasteiger partial charge in [-0.2, -0.15) is 0 Å². The maximum Gasteiger partial charge on any atom is 0.322 e. The summed E-state index contributed by atoms with van der Waals surface area (Å²) in [6, 6.07) is 27.9. The van der Waals surface area contributed by atoms with Gasteiger partial charge in [0.25, 0.3) is 0 Å². The van der Waals surface area contributed by atoms with E-state index in [9.17, 15) is 9.59 Å². The molecule has 1 aliphatic carbocycles. The average molecular weight is 505 g/mol. The number of benzene rings is 3. The number of nitrogens with one attached hydrogen (secondary N) is 1. The van der Waals surface area contributed by atoms with Gasteiger partial charge in [-0.1, -0.05) is 67.1 Å². The van der Waals surface area contributed by atoms with Crippen molar-refractivity contribution in [3.8, 4) is 5.69 Å². The lowest BCUT2D eigenvalue weighted by molar-refractivity contribution is -0.119. The van der Waals surface area contributed by atoms with Gasteiger partial charge in [0.05, 0.1) is 17.1 Å². The molecule has 0 bridgehead atoms. The Kier molecular flexibility index (Phi) is 6.24. The second kappa shape index (κ2) is 9.86. The van der Waals surface area contributed by atoms with Gasteiger partial charge in [-0.25, -0.2) is 4.79 Å². The Labute approximate surface area is 223 Å². The molecule has 1 unspecified atom stereocenters. The maximum absolute atomic E-state index is 14.3. The zero-order valence-electron chi connectivity index (χ0n) is 21.8. The van der Waals surface area contributed by atoms with Gasteiger partial charge in [-0.15, -0.1) is 0 Å². The zero-order chi connectivity index (χ0) is 26.2. The van der Waals surface area contributed by atoms with E-state index in [1.165, 1.54) is 5.56 Å². The highest BCUT2D eigenvalue weighted by atomic mass is 16.2. The summed E-state index contributed by atoms with van der Waals surface area (Å²) in [6.07, 6.45) is 4.70. The monoisotopic (exact) mass is 504 g/mol. The first kappa shape index (κ1) is 24.0. The molecule has 0 saturated heterocycles. The van der Waals surface area contributed by atoms with Crippen LogP contribution in [0.2, 0.25) is 0 Å². The number of hydrogen-bond acceptors (Lipinski definition) is 2. The van der Waals surface area contributed by atoms with Crippen LogP contribution in [0.25, 0.3) is 5.69 Å². The second-order valence-corrected chi connectivity index (χ2v) is 10.2. The molecule has 1 atom stereocenters. The number of aryl methyl sites for hydroxylation is 2. The van der Waals surface area contributed by atoms with Crippen molar-refractivity contribution in [1.29, 1.82) is 0 Å². The third kappa shape index (κ3) is 4.36. The van der Waals surface area contributed by atoms with E-state index in [1.807, 2.05) is 65.7 Å². The number of carbonyl (C=O) groups is 2. The summed E-state index contributed by atoms with van der Waals surface area (Å²) in [5.74, 6) is -0.0960. The summed E-state index contributed by atoms with van der Waals surface area (Å²) in [7, 11) is 0. The normalized spacial score (nSPS) is 15.9. The number of hydrogen-bond donors (Lipinski definition) is 1. The van der Waals surface area contributed by atoms with Crippen LogP contribution in [-0.4, -0.2) is 34.0 Å². The van der Waals surface area contributed by atoms with Crippen LogP contribution in [0.5, 0.6) is 0 Å². The van der Waals surface area contributed by atoms with Gasteiger partial charge in [-0.05, 0) is 67.6 Å². The van der Waals surface area contributed by atoms with E-state index in [4.69, 9.17) is 0 Å². The molecule has 2 aliphatic rings. The molecule has 3 aromatic carbocycles. The molecule has 6 rings (SSSR count). The summed E-state index contributed by atoms with van der Waals surface area (Å²) in [5.41, 5.74) is 6.92. The number of fused-ring (bicyclic) bond motifs is 3. The molecule has 1 saturated carbocycles. The van der Waals surface area contributed by atoms with Gasteiger partial charge < -0.3 is 14.8 Å². The van der Waals surface area contributed by atoms with Crippen LogP contribution in [0.1, 0.15) is 48.2 Å². The second-order valence-electron chi connectivity index (χ2n) is 10.2. The van der Waals surface area contributed by atoms with Gasteiger partial charge in [0, 0.05) is 17.9 Å². The molecule has 4 aromatic rings. The molecule has 2 heterocycles. The summed E-state index contributed by atoms with van der Waals surface area (Å²) in [4.78, 5) is 31.4. The number of carbonyl (C=O) groups excluding carboxylic acids is 2. The van der Waals surface area contributed by atoms with E-state index in [1.54, 1.807) is 4.90 Å². The molecule has 6 nitrogen and oxygen atoms in total. The molecule has 1 fully saturated rings. The molecule has 192 valence electrons. The first-order chi connectivity index (χ1) is 18.5. The molecule has 6 heteroatoms. The fourth-order valence-corrected chi connectivity index (χ4v) is 5.44. The Morgan fingerprint density at radius 3 is 2.34 bits per heavy atom. The minimum absolute atomic E-state index is 0.0161. The van der Waals surface area contributed by atoms with Gasteiger partial charge in [0.1, 0.15) is 12.6 Å². The highest BCUT2D eigenvalue weighted by Crippen LogP contribution is 2.42. The molecule has 38 heavy (non-hydrogen) atoms. The van der Waals surface area contributed by atoms with E-state index < -0.39 is 0 Å². The molecule has 0 radical (unpaired) electrons. The van der Waals surface area contributed by atoms with Crippen molar-refractivity contribution >= 4 is 23.3 Å². The fraction of sp³-hybridized carbons (Fsp3) is 0.250. The van der Waals surface area contributed by atoms with Crippen LogP contribution in [0, 0.1) is 6.92 Å². The predicted octanol–water partition coefficient (Wildman–Crippen LogP) is 6.48. The van der Waals surface area contributed by atoms with Crippen molar-refractivity contribution in [1.82, 2.24) is 9.47 Å². The number of para-hydroxylation sites is 3. The summed E-state index contributed by atoms with van der Waals surface area (Å²) >= 11 is 0. The Morgan fingerprint density at radius 1 is 0.895 bits per heavy atom. The smallest absolute Gasteiger partial charge is 0.316 e. The van der Waals surface area contributed by atoms with Crippen LogP contribution in [-0.2, 0) is 11.2 Å². The van der Waals surface area contributed by atoms with E-state index in [0.717, 1.165) is 53.1 Å². The van der Waals surface area contributed by atoms with Crippen LogP contribution in [0.4, 0.5) is 16.2 Å². The van der Waals surface area contributed by atoms with Crippen molar-refractivity contribution < 1.29 is 9.59 Å². The van der Waals surface area contributed by atoms with Crippen LogP contribution >= 0.6 is 0 Å². The lowest BCUT2D eigenvalue weighted by atomic mass is 9.97. The average Bonchev–Trinajstić information content (AvgIpc) is 3.66. The number of amides is 3. The van der Waals surface area contributed by atoms with Gasteiger partial charge in [-0.3, -0.25) is 9.69 Å². The SMILES string of the molecule is CCc1ccccc1NC(=O)N(CC(=O)N1c2ccccc2-n2cccc2C1c1ccc(C)cc1)C1CC1. The van der Waals surface area contributed by atoms with Gasteiger partial charge in [0.2, 0.25) is 5.91 Å². The van der Waals surface area contributed by atoms with Crippen LogP contribution in [0.15, 0.2) is 91.1 Å². The largest absolute Gasteiger partial charge is 0.322 e. The lowest BCUT2D eigenvalue weighted by Gasteiger charge is -2.39. The summed E-state index contributed by atoms with van der Waals surface area (Å²) in [5, 5.41) is 3.08. The highest BCUT2D eigenvalue weighted by Gasteiger charge is 2.40. The topological polar surface area (TPSA) is 57.6 Å². The quantitative estimate of drug-likeness (QED) is 0.327. The van der Waals surface area contributed by atoms with Crippen molar-refractivity contribution in [2.75, 3.05) is 16.8 Å². The van der Waals surface area contributed by atoms with E-state index in [2.05, 4.69) is 54.1 Å². The number of urea groups is 1. The lowest BCUT2D eigenvalue weighted by Crippen LogP contribution is -2.48. The van der Waals surface area contributed by atoms with Gasteiger partial charge in [0.15, 0.2) is 0 Å². The Bertz CT molecular complexity index is 1490. The highest BCUT2D eigenvalue weighted by molar-refractivity contribution is 6.01. The first-order valence-electron chi connectivity index (χ1n) is 13.4. The number of anilines is 2. The standard InChI is InChI=1S/C32H32N4O2/c1-3-23-9-4-5-10-26(23)33-32(38)35(25-18-19-25)21-30(37)36-28-12-7-6-11-27(28)34-20-8-13-29(34)31(36)24-16-14-22(2)15-17-24/h4-17,20,25,31H,3,18-19,21H2,1-2H3,(H,33,38). The Morgan fingerprint density at radius 2 is 1.61 bits per heavy atom. The van der Waals surface area contributed by atoms with Crippen molar-refractivity contribution in [2.45, 2.75) is 45.2 Å². The minimum Gasteiger partial charge on any atom is -0.316 e. The third-order valence-corrected chi connectivity index (χ3v) is 7.58. The molecule has 1 aromatic heterocycles. The molecule has 1 N–H and O–H groups in total. The number of aromatic nitrogens is 1. The Hall–Kier alpha value is -4.32.